The molecule has 3 heteroatoms. The lowest BCUT2D eigenvalue weighted by Crippen LogP contribution is -2.30. The molecule has 0 aromatic carbocycles. The van der Waals surface area contributed by atoms with Gasteiger partial charge >= 0.3 is 0 Å². The molecule has 0 unspecified atom stereocenters. The monoisotopic (exact) mass is 161 g/mol. The van der Waals surface area contributed by atoms with Gasteiger partial charge in [-0.3, -0.25) is 0 Å². The van der Waals surface area contributed by atoms with Gasteiger partial charge in [-0.05, 0) is 11.8 Å². The van der Waals surface area contributed by atoms with E-state index in [4.69, 9.17) is 5.26 Å². The Morgan fingerprint density at radius 2 is 1.45 bits per heavy atom. The Balaban J connectivity index is 3.58. The lowest BCUT2D eigenvalue weighted by Gasteiger charge is -2.20. The van der Waals surface area contributed by atoms with Crippen LogP contribution in [0.3, 0.4) is 0 Å². The number of hydrogen-bond donors (Lipinski definition) is 1. The third kappa shape index (κ3) is 6.28. The highest BCUT2D eigenvalue weighted by Gasteiger charge is 2.08. The van der Waals surface area contributed by atoms with Crippen LogP contribution in [0.2, 0.25) is 0 Å². The SMILES string of the molecule is CC(C)CN(CC(C)C)OO. The van der Waals surface area contributed by atoms with E-state index in [0.717, 1.165) is 13.1 Å². The van der Waals surface area contributed by atoms with Gasteiger partial charge in [-0.1, -0.05) is 27.7 Å². The van der Waals surface area contributed by atoms with Crippen LogP contribution in [0.15, 0.2) is 0 Å². The van der Waals surface area contributed by atoms with Crippen molar-refractivity contribution in [1.82, 2.24) is 5.06 Å². The molecule has 0 rings (SSSR count). The molecule has 0 aliphatic carbocycles. The predicted octanol–water partition coefficient (Wildman–Crippen LogP) is 2.00. The van der Waals surface area contributed by atoms with Crippen molar-refractivity contribution in [2.75, 3.05) is 13.1 Å². The van der Waals surface area contributed by atoms with E-state index in [1.807, 2.05) is 0 Å². The number of hydroxylamine groups is 2. The van der Waals surface area contributed by atoms with Crippen LogP contribution in [-0.4, -0.2) is 23.4 Å². The number of hydrogen-bond acceptors (Lipinski definition) is 3. The van der Waals surface area contributed by atoms with E-state index in [1.165, 1.54) is 0 Å². The normalized spacial score (nSPS) is 12.0. The zero-order chi connectivity index (χ0) is 8.85. The van der Waals surface area contributed by atoms with Crippen molar-refractivity contribution in [1.29, 1.82) is 0 Å². The minimum atomic E-state index is 0.515. The molecule has 0 aliphatic heterocycles. The first kappa shape index (κ1) is 10.9. The van der Waals surface area contributed by atoms with Crippen molar-refractivity contribution in [3.05, 3.63) is 0 Å². The molecule has 0 aliphatic rings. The average molecular weight is 161 g/mol. The fraction of sp³-hybridized carbons (Fsp3) is 1.00. The van der Waals surface area contributed by atoms with E-state index >= 15 is 0 Å². The summed E-state index contributed by atoms with van der Waals surface area (Å²) in [7, 11) is 0. The van der Waals surface area contributed by atoms with Crippen LogP contribution < -0.4 is 0 Å². The van der Waals surface area contributed by atoms with Gasteiger partial charge in [-0.15, -0.1) is 4.99 Å². The summed E-state index contributed by atoms with van der Waals surface area (Å²) in [5.41, 5.74) is 0. The quantitative estimate of drug-likeness (QED) is 0.494. The van der Waals surface area contributed by atoms with Crippen molar-refractivity contribution >= 4 is 0 Å². The first-order chi connectivity index (χ1) is 5.06. The van der Waals surface area contributed by atoms with Gasteiger partial charge in [0.15, 0.2) is 0 Å². The molecule has 0 aromatic heterocycles. The third-order valence-corrected chi connectivity index (χ3v) is 1.25. The summed E-state index contributed by atoms with van der Waals surface area (Å²) in [6, 6.07) is 0. The summed E-state index contributed by atoms with van der Waals surface area (Å²) in [4.78, 5) is 4.21. The van der Waals surface area contributed by atoms with Gasteiger partial charge in [0.1, 0.15) is 0 Å². The van der Waals surface area contributed by atoms with E-state index < -0.39 is 0 Å². The molecule has 0 aromatic rings. The first-order valence-electron chi connectivity index (χ1n) is 4.12. The molecule has 68 valence electrons. The highest BCUT2D eigenvalue weighted by atomic mass is 17.2. The van der Waals surface area contributed by atoms with Crippen molar-refractivity contribution < 1.29 is 10.2 Å². The molecule has 0 saturated carbocycles. The summed E-state index contributed by atoms with van der Waals surface area (Å²) in [5, 5.41) is 10.0. The van der Waals surface area contributed by atoms with Crippen molar-refractivity contribution in [2.45, 2.75) is 27.7 Å². The van der Waals surface area contributed by atoms with Crippen molar-refractivity contribution in [3.8, 4) is 0 Å². The van der Waals surface area contributed by atoms with Crippen LogP contribution in [0, 0.1) is 11.8 Å². The predicted molar refractivity (Wildman–Crippen MR) is 45.0 cm³/mol. The smallest absolute Gasteiger partial charge is 0.0293 e. The minimum absolute atomic E-state index is 0.515. The maximum atomic E-state index is 8.45. The van der Waals surface area contributed by atoms with E-state index in [2.05, 4.69) is 32.7 Å². The summed E-state index contributed by atoms with van der Waals surface area (Å²) in [5.74, 6) is 1.03. The molecule has 0 amide bonds. The zero-order valence-electron chi connectivity index (χ0n) is 7.87. The molecule has 0 bridgehead atoms. The summed E-state index contributed by atoms with van der Waals surface area (Å²) in [6.45, 7) is 9.90. The van der Waals surface area contributed by atoms with Crippen molar-refractivity contribution in [3.63, 3.8) is 0 Å². The minimum Gasteiger partial charge on any atom is -0.233 e. The molecule has 0 radical (unpaired) electrons. The van der Waals surface area contributed by atoms with Gasteiger partial charge in [0.2, 0.25) is 0 Å². The fourth-order valence-electron chi connectivity index (χ4n) is 0.956. The number of rotatable bonds is 5. The van der Waals surface area contributed by atoms with E-state index in [9.17, 15) is 0 Å². The van der Waals surface area contributed by atoms with Crippen LogP contribution in [0.5, 0.6) is 0 Å². The second kappa shape index (κ2) is 5.52. The highest BCUT2D eigenvalue weighted by Crippen LogP contribution is 2.02. The molecule has 0 atom stereocenters. The maximum Gasteiger partial charge on any atom is 0.0293 e. The molecule has 0 fully saturated rings. The molecular formula is C8H19NO2. The van der Waals surface area contributed by atoms with Crippen LogP contribution in [0.4, 0.5) is 0 Å². The Labute approximate surface area is 68.8 Å². The lowest BCUT2D eigenvalue weighted by molar-refractivity contribution is -0.400. The summed E-state index contributed by atoms with van der Waals surface area (Å²) < 4.78 is 0. The summed E-state index contributed by atoms with van der Waals surface area (Å²) >= 11 is 0. The molecular weight excluding hydrogens is 142 g/mol. The van der Waals surface area contributed by atoms with Gasteiger partial charge in [0, 0.05) is 13.1 Å². The maximum absolute atomic E-state index is 8.45. The molecule has 0 spiro atoms. The second-order valence-electron chi connectivity index (χ2n) is 3.72. The Morgan fingerprint density at radius 1 is 1.09 bits per heavy atom. The standard InChI is InChI=1S/C8H19NO2/c1-7(2)5-9(11-10)6-8(3)4/h7-8,10H,5-6H2,1-4H3. The van der Waals surface area contributed by atoms with Crippen molar-refractivity contribution in [2.24, 2.45) is 11.8 Å². The largest absolute Gasteiger partial charge is 0.233 e. The van der Waals surface area contributed by atoms with E-state index in [0.29, 0.717) is 11.8 Å². The first-order valence-corrected chi connectivity index (χ1v) is 4.12. The van der Waals surface area contributed by atoms with Gasteiger partial charge in [0.25, 0.3) is 0 Å². The van der Waals surface area contributed by atoms with Crippen LogP contribution >= 0.6 is 0 Å². The third-order valence-electron chi connectivity index (χ3n) is 1.25. The van der Waals surface area contributed by atoms with E-state index in [1.54, 1.807) is 5.06 Å². The molecule has 0 saturated heterocycles. The van der Waals surface area contributed by atoms with Gasteiger partial charge in [-0.2, -0.15) is 5.06 Å². The number of nitrogens with zero attached hydrogens (tertiary/aromatic N) is 1. The Hall–Kier alpha value is -0.120. The van der Waals surface area contributed by atoms with Gasteiger partial charge in [0.05, 0.1) is 0 Å². The fourth-order valence-corrected chi connectivity index (χ4v) is 0.956. The van der Waals surface area contributed by atoms with Gasteiger partial charge in [-0.25, -0.2) is 5.26 Å². The van der Waals surface area contributed by atoms with E-state index in [-0.39, 0.29) is 0 Å². The molecule has 3 nitrogen and oxygen atoms in total. The average Bonchev–Trinajstić information content (AvgIpc) is 1.84. The lowest BCUT2D eigenvalue weighted by atomic mass is 10.2. The van der Waals surface area contributed by atoms with Crippen LogP contribution in [0.1, 0.15) is 27.7 Å². The van der Waals surface area contributed by atoms with Crippen LogP contribution in [-0.2, 0) is 4.99 Å². The highest BCUT2D eigenvalue weighted by molar-refractivity contribution is 4.52. The molecule has 1 N–H and O–H groups in total. The molecule has 11 heavy (non-hydrogen) atoms. The molecule has 0 heterocycles. The Kier molecular flexibility index (Phi) is 5.46. The second-order valence-corrected chi connectivity index (χ2v) is 3.72. The zero-order valence-corrected chi connectivity index (χ0v) is 7.87. The Bertz CT molecular complexity index is 84.1. The Morgan fingerprint density at radius 3 is 1.64 bits per heavy atom. The topological polar surface area (TPSA) is 32.7 Å². The summed E-state index contributed by atoms with van der Waals surface area (Å²) in [6.07, 6.45) is 0. The van der Waals surface area contributed by atoms with Gasteiger partial charge < -0.3 is 0 Å². The van der Waals surface area contributed by atoms with Crippen LogP contribution in [0.25, 0.3) is 0 Å².